The average molecular weight is 192 g/mol. The van der Waals surface area contributed by atoms with E-state index in [9.17, 15) is 4.79 Å². The number of aromatic nitrogens is 2. The lowest BCUT2D eigenvalue weighted by atomic mass is 10.1. The van der Waals surface area contributed by atoms with Crippen molar-refractivity contribution in [3.05, 3.63) is 33.7 Å². The van der Waals surface area contributed by atoms with Gasteiger partial charge in [-0.05, 0) is 31.0 Å². The number of hydrogen-bond acceptors (Lipinski definition) is 1. The first-order chi connectivity index (χ1) is 6.66. The smallest absolute Gasteiger partial charge is 0.306 e. The number of rotatable bonds is 0. The molecule has 0 saturated carbocycles. The highest BCUT2D eigenvalue weighted by molar-refractivity contribution is 5.78. The van der Waals surface area contributed by atoms with Crippen LogP contribution in [0.1, 0.15) is 25.0 Å². The van der Waals surface area contributed by atoms with Crippen LogP contribution in [0.3, 0.4) is 0 Å². The minimum absolute atomic E-state index is 0.140. The minimum Gasteiger partial charge on any atom is -0.306 e. The number of imidazole rings is 1. The van der Waals surface area contributed by atoms with Crippen LogP contribution in [0.2, 0.25) is 0 Å². The maximum absolute atomic E-state index is 10.9. The molecule has 0 saturated heterocycles. The topological polar surface area (TPSA) is 48.6 Å². The van der Waals surface area contributed by atoms with Crippen LogP contribution >= 0.6 is 0 Å². The van der Waals surface area contributed by atoms with Gasteiger partial charge in [0.05, 0.1) is 11.0 Å². The number of benzene rings is 1. The van der Waals surface area contributed by atoms with Gasteiger partial charge < -0.3 is 9.97 Å². The Hall–Kier alpha value is -1.51. The van der Waals surface area contributed by atoms with Crippen molar-refractivity contribution < 1.29 is 0 Å². The van der Waals surface area contributed by atoms with E-state index in [0.29, 0.717) is 0 Å². The summed E-state index contributed by atoms with van der Waals surface area (Å²) in [6, 6.07) is 4.01. The fourth-order valence-electron chi connectivity index (χ4n) is 1.50. The summed E-state index contributed by atoms with van der Waals surface area (Å²) in [6.07, 6.45) is 0. The Labute approximate surface area is 83.2 Å². The van der Waals surface area contributed by atoms with Crippen molar-refractivity contribution >= 4 is 11.0 Å². The van der Waals surface area contributed by atoms with E-state index in [-0.39, 0.29) is 5.69 Å². The van der Waals surface area contributed by atoms with Gasteiger partial charge in [0.15, 0.2) is 0 Å². The molecule has 2 rings (SSSR count). The lowest BCUT2D eigenvalue weighted by molar-refractivity contribution is 1.21. The fraction of sp³-hybridized carbons (Fsp3) is 0.364. The summed E-state index contributed by atoms with van der Waals surface area (Å²) in [5.74, 6) is 0. The van der Waals surface area contributed by atoms with Crippen LogP contribution in [-0.2, 0) is 0 Å². The molecule has 2 N–H and O–H groups in total. The highest BCUT2D eigenvalue weighted by atomic mass is 16.1. The maximum Gasteiger partial charge on any atom is 0.323 e. The first-order valence-corrected chi connectivity index (χ1v) is 4.86. The van der Waals surface area contributed by atoms with Gasteiger partial charge in [-0.15, -0.1) is 0 Å². The van der Waals surface area contributed by atoms with E-state index < -0.39 is 0 Å². The third kappa shape index (κ3) is 1.87. The number of hydrogen-bond donors (Lipinski definition) is 2. The van der Waals surface area contributed by atoms with Crippen molar-refractivity contribution in [2.45, 2.75) is 27.7 Å². The first-order valence-electron chi connectivity index (χ1n) is 4.86. The molecule has 0 amide bonds. The lowest BCUT2D eigenvalue weighted by Gasteiger charge is -1.96. The summed E-state index contributed by atoms with van der Waals surface area (Å²) in [5.41, 5.74) is 3.92. The molecule has 14 heavy (non-hydrogen) atoms. The van der Waals surface area contributed by atoms with Crippen LogP contribution < -0.4 is 5.69 Å². The Morgan fingerprint density at radius 3 is 2.36 bits per heavy atom. The average Bonchev–Trinajstić information content (AvgIpc) is 2.49. The highest BCUT2D eigenvalue weighted by Gasteiger charge is 2.00. The molecule has 2 aromatic rings. The van der Waals surface area contributed by atoms with Gasteiger partial charge >= 0.3 is 5.69 Å². The van der Waals surface area contributed by atoms with Gasteiger partial charge in [-0.3, -0.25) is 0 Å². The van der Waals surface area contributed by atoms with Gasteiger partial charge in [0, 0.05) is 0 Å². The van der Waals surface area contributed by atoms with E-state index in [2.05, 4.69) is 9.97 Å². The van der Waals surface area contributed by atoms with E-state index in [4.69, 9.17) is 0 Å². The fourth-order valence-corrected chi connectivity index (χ4v) is 1.50. The highest BCUT2D eigenvalue weighted by Crippen LogP contribution is 2.14. The van der Waals surface area contributed by atoms with Crippen LogP contribution in [0.4, 0.5) is 0 Å². The predicted molar refractivity (Wildman–Crippen MR) is 59.7 cm³/mol. The van der Waals surface area contributed by atoms with E-state index in [1.54, 1.807) is 0 Å². The molecule has 0 aliphatic carbocycles. The SMILES string of the molecule is CC.Cc1cc(C)c2[nH]c(=O)[nH]c2c1. The molecule has 0 fully saturated rings. The summed E-state index contributed by atoms with van der Waals surface area (Å²) in [7, 11) is 0. The zero-order valence-electron chi connectivity index (χ0n) is 9.06. The number of aryl methyl sites for hydroxylation is 2. The molecule has 0 spiro atoms. The van der Waals surface area contributed by atoms with Gasteiger partial charge in [0.1, 0.15) is 0 Å². The Balaban J connectivity index is 0.000000461. The van der Waals surface area contributed by atoms with Crippen LogP contribution in [0, 0.1) is 13.8 Å². The molecular weight excluding hydrogens is 176 g/mol. The molecule has 0 aliphatic rings. The van der Waals surface area contributed by atoms with Crippen LogP contribution in [0.25, 0.3) is 11.0 Å². The van der Waals surface area contributed by atoms with Crippen molar-refractivity contribution in [3.8, 4) is 0 Å². The van der Waals surface area contributed by atoms with Crippen LogP contribution in [0.5, 0.6) is 0 Å². The molecule has 1 aromatic heterocycles. The molecule has 0 atom stereocenters. The normalized spacial score (nSPS) is 9.71. The molecule has 3 heteroatoms. The van der Waals surface area contributed by atoms with E-state index in [0.717, 1.165) is 22.2 Å². The molecule has 0 unspecified atom stereocenters. The predicted octanol–water partition coefficient (Wildman–Crippen LogP) is 2.50. The lowest BCUT2D eigenvalue weighted by Crippen LogP contribution is -1.99. The second kappa shape index (κ2) is 4.13. The molecule has 76 valence electrons. The Morgan fingerprint density at radius 1 is 1.07 bits per heavy atom. The van der Waals surface area contributed by atoms with Gasteiger partial charge in [-0.25, -0.2) is 4.79 Å². The van der Waals surface area contributed by atoms with Crippen LogP contribution in [0.15, 0.2) is 16.9 Å². The third-order valence-corrected chi connectivity index (χ3v) is 1.97. The molecule has 3 nitrogen and oxygen atoms in total. The summed E-state index contributed by atoms with van der Waals surface area (Å²) in [5, 5.41) is 0. The van der Waals surface area contributed by atoms with Crippen LogP contribution in [-0.4, -0.2) is 9.97 Å². The van der Waals surface area contributed by atoms with Crippen molar-refractivity contribution in [1.29, 1.82) is 0 Å². The third-order valence-electron chi connectivity index (χ3n) is 1.97. The number of fused-ring (bicyclic) bond motifs is 1. The van der Waals surface area contributed by atoms with Gasteiger partial charge in [-0.1, -0.05) is 19.9 Å². The van der Waals surface area contributed by atoms with Gasteiger partial charge in [0.2, 0.25) is 0 Å². The Kier molecular flexibility index (Phi) is 3.12. The molecule has 1 heterocycles. The zero-order valence-corrected chi connectivity index (χ0v) is 9.06. The van der Waals surface area contributed by atoms with Gasteiger partial charge in [-0.2, -0.15) is 0 Å². The van der Waals surface area contributed by atoms with E-state index >= 15 is 0 Å². The first kappa shape index (κ1) is 10.6. The van der Waals surface area contributed by atoms with E-state index in [1.807, 2.05) is 39.8 Å². The summed E-state index contributed by atoms with van der Waals surface area (Å²) in [4.78, 5) is 16.4. The zero-order chi connectivity index (χ0) is 10.7. The van der Waals surface area contributed by atoms with Gasteiger partial charge in [0.25, 0.3) is 0 Å². The summed E-state index contributed by atoms with van der Waals surface area (Å²) < 4.78 is 0. The molecule has 0 radical (unpaired) electrons. The molecule has 1 aromatic carbocycles. The van der Waals surface area contributed by atoms with Crippen molar-refractivity contribution in [3.63, 3.8) is 0 Å². The monoisotopic (exact) mass is 192 g/mol. The van der Waals surface area contributed by atoms with Crippen molar-refractivity contribution in [2.24, 2.45) is 0 Å². The second-order valence-corrected chi connectivity index (χ2v) is 3.08. The molecule has 0 aliphatic heterocycles. The number of nitrogens with one attached hydrogen (secondary N) is 2. The standard InChI is InChI=1S/C9H10N2O.C2H6/c1-5-3-6(2)8-7(4-5)10-9(12)11-8;1-2/h3-4H,1-2H3,(H2,10,11,12);1-2H3. The molecule has 0 bridgehead atoms. The number of aromatic amines is 2. The Morgan fingerprint density at radius 2 is 1.71 bits per heavy atom. The van der Waals surface area contributed by atoms with Crippen molar-refractivity contribution in [1.82, 2.24) is 9.97 Å². The Bertz CT molecular complexity index is 479. The summed E-state index contributed by atoms with van der Waals surface area (Å²) in [6.45, 7) is 8.00. The number of H-pyrrole nitrogens is 2. The molecular formula is C11H16N2O. The maximum atomic E-state index is 10.9. The van der Waals surface area contributed by atoms with Crippen molar-refractivity contribution in [2.75, 3.05) is 0 Å². The quantitative estimate of drug-likeness (QED) is 0.662. The van der Waals surface area contributed by atoms with E-state index in [1.165, 1.54) is 0 Å². The minimum atomic E-state index is -0.140. The largest absolute Gasteiger partial charge is 0.323 e. The summed E-state index contributed by atoms with van der Waals surface area (Å²) >= 11 is 0. The second-order valence-electron chi connectivity index (χ2n) is 3.08.